The molecule has 1 heterocycles. The molecule has 86 valence electrons. The largest absolute Gasteiger partial charge is 0.378 e. The number of nitrogens with zero attached hydrogens (tertiary/aromatic N) is 1. The zero-order valence-electron chi connectivity index (χ0n) is 8.61. The van der Waals surface area contributed by atoms with Crippen LogP contribution >= 0.6 is 11.8 Å². The van der Waals surface area contributed by atoms with Crippen LogP contribution in [0, 0.1) is 0 Å². The van der Waals surface area contributed by atoms with Gasteiger partial charge in [-0.3, -0.25) is 9.59 Å². The van der Waals surface area contributed by atoms with E-state index in [-0.39, 0.29) is 17.6 Å². The molecule has 0 aliphatic carbocycles. The molecule has 2 N–H and O–H groups in total. The molecule has 0 spiro atoms. The van der Waals surface area contributed by atoms with Crippen LogP contribution in [0.25, 0.3) is 0 Å². The second-order valence-corrected chi connectivity index (χ2v) is 4.37. The van der Waals surface area contributed by atoms with Crippen LogP contribution in [0.4, 0.5) is 0 Å². The average molecular weight is 232 g/mol. The lowest BCUT2D eigenvalue weighted by Gasteiger charge is -2.26. The molecule has 6 heteroatoms. The zero-order chi connectivity index (χ0) is 11.1. The quantitative estimate of drug-likeness (QED) is 0.646. The van der Waals surface area contributed by atoms with E-state index in [0.29, 0.717) is 38.5 Å². The minimum Gasteiger partial charge on any atom is -0.378 e. The minimum atomic E-state index is -0.334. The molecule has 0 unspecified atom stereocenters. The highest BCUT2D eigenvalue weighted by atomic mass is 32.2. The van der Waals surface area contributed by atoms with Crippen LogP contribution in [0.1, 0.15) is 6.42 Å². The first-order chi connectivity index (χ1) is 7.20. The van der Waals surface area contributed by atoms with Crippen LogP contribution in [0.3, 0.4) is 0 Å². The molecule has 15 heavy (non-hydrogen) atoms. The first-order valence-corrected chi connectivity index (χ1v) is 6.07. The molecule has 1 aliphatic heterocycles. The van der Waals surface area contributed by atoms with E-state index in [2.05, 4.69) is 0 Å². The van der Waals surface area contributed by atoms with E-state index in [4.69, 9.17) is 10.5 Å². The van der Waals surface area contributed by atoms with E-state index in [0.717, 1.165) is 0 Å². The van der Waals surface area contributed by atoms with Gasteiger partial charge >= 0.3 is 0 Å². The molecule has 0 radical (unpaired) electrons. The number of morpholine rings is 1. The number of carbonyl (C=O) groups excluding carboxylic acids is 2. The molecule has 0 aromatic carbocycles. The number of hydrogen-bond acceptors (Lipinski definition) is 4. The second kappa shape index (κ2) is 6.68. The molecular formula is C9H16N2O3S. The Morgan fingerprint density at radius 2 is 2.00 bits per heavy atom. The van der Waals surface area contributed by atoms with Gasteiger partial charge in [0.1, 0.15) is 0 Å². The van der Waals surface area contributed by atoms with Crippen LogP contribution in [0.2, 0.25) is 0 Å². The minimum absolute atomic E-state index is 0.135. The van der Waals surface area contributed by atoms with Crippen LogP contribution < -0.4 is 5.73 Å². The Kier molecular flexibility index (Phi) is 5.49. The summed E-state index contributed by atoms with van der Waals surface area (Å²) in [5, 5.41) is 0. The molecule has 1 aliphatic rings. The standard InChI is InChI=1S/C9H16N2O3S/c10-8(12)7-15-6-1-9(13)11-2-4-14-5-3-11/h1-7H2,(H2,10,12). The molecule has 0 saturated carbocycles. The molecule has 1 fully saturated rings. The Hall–Kier alpha value is -0.750. The molecule has 0 aromatic rings. The number of amides is 2. The van der Waals surface area contributed by atoms with Crippen LogP contribution in [0.5, 0.6) is 0 Å². The number of nitrogens with two attached hydrogens (primary N) is 1. The van der Waals surface area contributed by atoms with Crippen LogP contribution in [-0.2, 0) is 14.3 Å². The van der Waals surface area contributed by atoms with Crippen molar-refractivity contribution >= 4 is 23.6 Å². The number of carbonyl (C=O) groups is 2. The number of ether oxygens (including phenoxy) is 1. The van der Waals surface area contributed by atoms with Crippen molar-refractivity contribution in [2.24, 2.45) is 5.73 Å². The topological polar surface area (TPSA) is 72.6 Å². The first kappa shape index (κ1) is 12.3. The van der Waals surface area contributed by atoms with Crippen molar-refractivity contribution in [2.45, 2.75) is 6.42 Å². The van der Waals surface area contributed by atoms with Crippen molar-refractivity contribution in [3.05, 3.63) is 0 Å². The fourth-order valence-electron chi connectivity index (χ4n) is 1.30. The Morgan fingerprint density at radius 1 is 1.33 bits per heavy atom. The number of thioether (sulfide) groups is 1. The lowest BCUT2D eigenvalue weighted by Crippen LogP contribution is -2.40. The molecule has 1 rings (SSSR count). The summed E-state index contributed by atoms with van der Waals surface area (Å²) in [6.07, 6.45) is 0.470. The van der Waals surface area contributed by atoms with E-state index in [1.807, 2.05) is 0 Å². The average Bonchev–Trinajstić information content (AvgIpc) is 2.25. The summed E-state index contributed by atoms with van der Waals surface area (Å²) in [6, 6.07) is 0. The van der Waals surface area contributed by atoms with Gasteiger partial charge < -0.3 is 15.4 Å². The maximum Gasteiger partial charge on any atom is 0.227 e. The van der Waals surface area contributed by atoms with Crippen molar-refractivity contribution in [1.29, 1.82) is 0 Å². The second-order valence-electron chi connectivity index (χ2n) is 3.26. The van der Waals surface area contributed by atoms with Gasteiger partial charge in [-0.2, -0.15) is 11.8 Å². The lowest BCUT2D eigenvalue weighted by molar-refractivity contribution is -0.134. The van der Waals surface area contributed by atoms with Gasteiger partial charge in [-0.05, 0) is 0 Å². The summed E-state index contributed by atoms with van der Waals surface area (Å²) in [5.74, 6) is 0.740. The van der Waals surface area contributed by atoms with Gasteiger partial charge in [0.2, 0.25) is 11.8 Å². The van der Waals surface area contributed by atoms with E-state index in [1.165, 1.54) is 11.8 Å². The molecule has 0 aromatic heterocycles. The normalized spacial score (nSPS) is 16.4. The van der Waals surface area contributed by atoms with E-state index in [9.17, 15) is 9.59 Å². The Balaban J connectivity index is 2.09. The van der Waals surface area contributed by atoms with Gasteiger partial charge in [0.15, 0.2) is 0 Å². The molecule has 2 amide bonds. The number of rotatable bonds is 5. The van der Waals surface area contributed by atoms with Crippen molar-refractivity contribution in [3.63, 3.8) is 0 Å². The summed E-state index contributed by atoms with van der Waals surface area (Å²) < 4.78 is 5.15. The van der Waals surface area contributed by atoms with Crippen molar-refractivity contribution in [1.82, 2.24) is 4.90 Å². The molecule has 0 bridgehead atoms. The lowest BCUT2D eigenvalue weighted by atomic mass is 10.3. The SMILES string of the molecule is NC(=O)CSCCC(=O)N1CCOCC1. The number of hydrogen-bond donors (Lipinski definition) is 1. The van der Waals surface area contributed by atoms with Crippen molar-refractivity contribution < 1.29 is 14.3 Å². The van der Waals surface area contributed by atoms with Gasteiger partial charge in [-0.15, -0.1) is 0 Å². The van der Waals surface area contributed by atoms with Gasteiger partial charge in [0.25, 0.3) is 0 Å². The summed E-state index contributed by atoms with van der Waals surface area (Å²) in [6.45, 7) is 2.61. The molecule has 1 saturated heterocycles. The highest BCUT2D eigenvalue weighted by Gasteiger charge is 2.15. The summed E-state index contributed by atoms with van der Waals surface area (Å²) in [4.78, 5) is 23.8. The first-order valence-electron chi connectivity index (χ1n) is 4.91. The van der Waals surface area contributed by atoms with Gasteiger partial charge in [-0.25, -0.2) is 0 Å². The third-order valence-electron chi connectivity index (χ3n) is 2.07. The van der Waals surface area contributed by atoms with Gasteiger partial charge in [-0.1, -0.05) is 0 Å². The van der Waals surface area contributed by atoms with Crippen LogP contribution in [0.15, 0.2) is 0 Å². The molecular weight excluding hydrogens is 216 g/mol. The Labute approximate surface area is 93.3 Å². The fourth-order valence-corrected chi connectivity index (χ4v) is 1.97. The Morgan fingerprint density at radius 3 is 2.60 bits per heavy atom. The van der Waals surface area contributed by atoms with Crippen molar-refractivity contribution in [3.8, 4) is 0 Å². The third kappa shape index (κ3) is 5.03. The maximum absolute atomic E-state index is 11.6. The smallest absolute Gasteiger partial charge is 0.227 e. The van der Waals surface area contributed by atoms with Crippen LogP contribution in [-0.4, -0.2) is 54.5 Å². The summed E-state index contributed by atoms with van der Waals surface area (Å²) in [5.41, 5.74) is 4.98. The number of primary amides is 1. The molecule has 0 atom stereocenters. The van der Waals surface area contributed by atoms with E-state index >= 15 is 0 Å². The monoisotopic (exact) mass is 232 g/mol. The fraction of sp³-hybridized carbons (Fsp3) is 0.778. The highest BCUT2D eigenvalue weighted by Crippen LogP contribution is 2.05. The van der Waals surface area contributed by atoms with Gasteiger partial charge in [0, 0.05) is 25.3 Å². The van der Waals surface area contributed by atoms with Crippen molar-refractivity contribution in [2.75, 3.05) is 37.8 Å². The summed E-state index contributed by atoms with van der Waals surface area (Å²) >= 11 is 1.40. The van der Waals surface area contributed by atoms with E-state index < -0.39 is 0 Å². The third-order valence-corrected chi connectivity index (χ3v) is 3.05. The summed E-state index contributed by atoms with van der Waals surface area (Å²) in [7, 11) is 0. The highest BCUT2D eigenvalue weighted by molar-refractivity contribution is 7.99. The van der Waals surface area contributed by atoms with Gasteiger partial charge in [0.05, 0.1) is 19.0 Å². The molecule has 5 nitrogen and oxygen atoms in total. The predicted octanol–water partition coefficient (Wildman–Crippen LogP) is -0.546. The van der Waals surface area contributed by atoms with E-state index in [1.54, 1.807) is 4.90 Å². The predicted molar refractivity (Wildman–Crippen MR) is 58.5 cm³/mol. The Bertz CT molecular complexity index is 229. The zero-order valence-corrected chi connectivity index (χ0v) is 9.42. The maximum atomic E-state index is 11.6.